The Morgan fingerprint density at radius 2 is 1.94 bits per heavy atom. The van der Waals surface area contributed by atoms with Crippen LogP contribution in [0, 0.1) is 0 Å². The van der Waals surface area contributed by atoms with Crippen LogP contribution in [-0.2, 0) is 14.6 Å². The van der Waals surface area contributed by atoms with E-state index in [1.54, 1.807) is 55.6 Å². The van der Waals surface area contributed by atoms with Crippen molar-refractivity contribution in [3.63, 3.8) is 0 Å². The fourth-order valence-corrected chi connectivity index (χ4v) is 5.06. The number of nitrogens with two attached hydrogens (primary N) is 1. The van der Waals surface area contributed by atoms with Crippen LogP contribution in [0.15, 0.2) is 86.8 Å². The van der Waals surface area contributed by atoms with E-state index in [4.69, 9.17) is 14.9 Å². The van der Waals surface area contributed by atoms with E-state index in [9.17, 15) is 8.42 Å². The number of sulfone groups is 1. The molecule has 32 heavy (non-hydrogen) atoms. The quantitative estimate of drug-likeness (QED) is 0.345. The van der Waals surface area contributed by atoms with Crippen molar-refractivity contribution in [2.75, 3.05) is 31.2 Å². The van der Waals surface area contributed by atoms with Gasteiger partial charge in [-0.2, -0.15) is 0 Å². The van der Waals surface area contributed by atoms with Crippen molar-refractivity contribution in [2.24, 2.45) is 10.7 Å². The molecule has 0 bridgehead atoms. The minimum Gasteiger partial charge on any atom is -0.463 e. The first-order valence-corrected chi connectivity index (χ1v) is 11.7. The molecular weight excluding hydrogens is 426 g/mol. The van der Waals surface area contributed by atoms with E-state index in [0.29, 0.717) is 54.2 Å². The Kier molecular flexibility index (Phi) is 6.16. The van der Waals surface area contributed by atoms with Gasteiger partial charge < -0.3 is 19.8 Å². The number of hydrogen-bond donors (Lipinski definition) is 1. The number of furan rings is 1. The Balaban J connectivity index is 1.89. The molecule has 1 aliphatic heterocycles. The molecule has 0 amide bonds. The highest BCUT2D eigenvalue weighted by molar-refractivity contribution is 7.91. The number of aliphatic imine (C=N–C) groups is 1. The van der Waals surface area contributed by atoms with E-state index in [1.807, 2.05) is 6.07 Å². The van der Waals surface area contributed by atoms with E-state index in [-0.39, 0.29) is 9.79 Å². The number of benzene rings is 2. The van der Waals surface area contributed by atoms with Gasteiger partial charge in [-0.05, 0) is 48.4 Å². The summed E-state index contributed by atoms with van der Waals surface area (Å²) in [5, 5.41) is 0.550. The summed E-state index contributed by atoms with van der Waals surface area (Å²) in [6.45, 7) is 8.05. The monoisotopic (exact) mass is 451 g/mol. The molecule has 3 aromatic rings. The minimum absolute atomic E-state index is 0.137. The van der Waals surface area contributed by atoms with Crippen molar-refractivity contribution in [3.05, 3.63) is 73.1 Å². The maximum absolute atomic E-state index is 13.7. The van der Waals surface area contributed by atoms with Crippen molar-refractivity contribution in [1.82, 2.24) is 0 Å². The molecule has 0 atom stereocenters. The molecule has 2 N–H and O–H groups in total. The summed E-state index contributed by atoms with van der Waals surface area (Å²) in [6, 6.07) is 12.4. The van der Waals surface area contributed by atoms with Crippen molar-refractivity contribution in [1.29, 1.82) is 0 Å². The lowest BCUT2D eigenvalue weighted by atomic mass is 10.1. The van der Waals surface area contributed by atoms with Crippen LogP contribution < -0.4 is 10.6 Å². The fraction of sp³-hybridized carbons (Fsp3) is 0.208. The SMILES string of the molecule is C=C/C(=C\N=C(C)N)c1cc(N2CCOCC2)cc(S(=O)(=O)c2coc3ccccc23)c1. The number of rotatable bonds is 6. The molecule has 1 fully saturated rings. The van der Waals surface area contributed by atoms with Gasteiger partial charge in [0, 0.05) is 30.4 Å². The van der Waals surface area contributed by atoms with Gasteiger partial charge in [-0.3, -0.25) is 0 Å². The molecule has 7 nitrogen and oxygen atoms in total. The fourth-order valence-electron chi connectivity index (χ4n) is 3.61. The molecule has 0 spiro atoms. The van der Waals surface area contributed by atoms with E-state index < -0.39 is 9.84 Å². The summed E-state index contributed by atoms with van der Waals surface area (Å²) in [5.74, 6) is 0.395. The number of morpholine rings is 1. The summed E-state index contributed by atoms with van der Waals surface area (Å²) < 4.78 is 38.3. The average molecular weight is 452 g/mol. The van der Waals surface area contributed by atoms with E-state index in [0.717, 1.165) is 5.69 Å². The third-order valence-electron chi connectivity index (χ3n) is 5.27. The maximum Gasteiger partial charge on any atom is 0.210 e. The number of para-hydroxylation sites is 1. The summed E-state index contributed by atoms with van der Waals surface area (Å²) >= 11 is 0. The van der Waals surface area contributed by atoms with Gasteiger partial charge >= 0.3 is 0 Å². The molecule has 1 saturated heterocycles. The average Bonchev–Trinajstić information content (AvgIpc) is 3.25. The Labute approximate surface area is 187 Å². The highest BCUT2D eigenvalue weighted by atomic mass is 32.2. The zero-order chi connectivity index (χ0) is 22.7. The molecule has 1 aromatic heterocycles. The minimum atomic E-state index is -3.85. The smallest absolute Gasteiger partial charge is 0.210 e. The van der Waals surface area contributed by atoms with Crippen LogP contribution in [-0.4, -0.2) is 40.6 Å². The second kappa shape index (κ2) is 9.02. The Morgan fingerprint density at radius 3 is 2.66 bits per heavy atom. The second-order valence-electron chi connectivity index (χ2n) is 7.47. The van der Waals surface area contributed by atoms with Crippen LogP contribution in [0.2, 0.25) is 0 Å². The highest BCUT2D eigenvalue weighted by Crippen LogP contribution is 2.34. The molecule has 0 aliphatic carbocycles. The van der Waals surface area contributed by atoms with Gasteiger partial charge in [0.1, 0.15) is 16.7 Å². The Bertz CT molecular complexity index is 1310. The number of allylic oxidation sites excluding steroid dienone is 2. The molecular formula is C24H25N3O4S. The van der Waals surface area contributed by atoms with Crippen molar-refractivity contribution in [2.45, 2.75) is 16.7 Å². The van der Waals surface area contributed by atoms with Gasteiger partial charge in [-0.15, -0.1) is 0 Å². The molecule has 0 unspecified atom stereocenters. The lowest BCUT2D eigenvalue weighted by molar-refractivity contribution is 0.122. The maximum atomic E-state index is 13.7. The summed E-state index contributed by atoms with van der Waals surface area (Å²) in [4.78, 5) is 6.58. The zero-order valence-electron chi connectivity index (χ0n) is 17.8. The van der Waals surface area contributed by atoms with Crippen molar-refractivity contribution < 1.29 is 17.6 Å². The molecule has 2 heterocycles. The number of anilines is 1. The second-order valence-corrected chi connectivity index (χ2v) is 9.39. The first-order chi connectivity index (χ1) is 15.4. The van der Waals surface area contributed by atoms with E-state index >= 15 is 0 Å². The number of nitrogens with zero attached hydrogens (tertiary/aromatic N) is 2. The Hall–Kier alpha value is -3.36. The normalized spacial score (nSPS) is 15.8. The van der Waals surface area contributed by atoms with Gasteiger partial charge in [0.25, 0.3) is 0 Å². The molecule has 2 aromatic carbocycles. The Morgan fingerprint density at radius 1 is 1.19 bits per heavy atom. The van der Waals surface area contributed by atoms with Gasteiger partial charge in [0.2, 0.25) is 9.84 Å². The number of fused-ring (bicyclic) bond motifs is 1. The molecule has 4 rings (SSSR count). The van der Waals surface area contributed by atoms with Crippen LogP contribution in [0.1, 0.15) is 12.5 Å². The standard InChI is InChI=1S/C24H25N3O4S/c1-3-18(15-26-17(2)25)19-12-20(27-8-10-30-11-9-27)14-21(13-19)32(28,29)24-16-31-23-7-5-4-6-22(23)24/h3-7,12-16H,1,8-11H2,2H3,(H2,25,26)/b18-15+. The molecule has 166 valence electrons. The molecule has 1 aliphatic rings. The number of amidine groups is 1. The van der Waals surface area contributed by atoms with Crippen LogP contribution in [0.4, 0.5) is 5.69 Å². The number of ether oxygens (including phenoxy) is 1. The van der Waals surface area contributed by atoms with Crippen molar-refractivity contribution >= 4 is 37.9 Å². The molecule has 0 saturated carbocycles. The van der Waals surface area contributed by atoms with Crippen molar-refractivity contribution in [3.8, 4) is 0 Å². The third-order valence-corrected chi connectivity index (χ3v) is 7.02. The van der Waals surface area contributed by atoms with Gasteiger partial charge in [-0.1, -0.05) is 24.8 Å². The zero-order valence-corrected chi connectivity index (χ0v) is 18.6. The van der Waals surface area contributed by atoms with Gasteiger partial charge in [0.05, 0.1) is 23.9 Å². The lowest BCUT2D eigenvalue weighted by Crippen LogP contribution is -2.36. The largest absolute Gasteiger partial charge is 0.463 e. The van der Waals surface area contributed by atoms with Crippen LogP contribution in [0.5, 0.6) is 0 Å². The molecule has 0 radical (unpaired) electrons. The predicted octanol–water partition coefficient (Wildman–Crippen LogP) is 4.01. The van der Waals surface area contributed by atoms with Crippen LogP contribution >= 0.6 is 0 Å². The summed E-state index contributed by atoms with van der Waals surface area (Å²) in [6.07, 6.45) is 4.52. The first kappa shape index (κ1) is 21.9. The predicted molar refractivity (Wildman–Crippen MR) is 127 cm³/mol. The third kappa shape index (κ3) is 4.32. The van der Waals surface area contributed by atoms with Crippen LogP contribution in [0.3, 0.4) is 0 Å². The van der Waals surface area contributed by atoms with Gasteiger partial charge in [-0.25, -0.2) is 13.4 Å². The first-order valence-electron chi connectivity index (χ1n) is 10.2. The van der Waals surface area contributed by atoms with E-state index in [2.05, 4.69) is 16.5 Å². The van der Waals surface area contributed by atoms with Crippen LogP contribution in [0.25, 0.3) is 16.5 Å². The molecule has 8 heteroatoms. The lowest BCUT2D eigenvalue weighted by Gasteiger charge is -2.29. The summed E-state index contributed by atoms with van der Waals surface area (Å²) in [7, 11) is -3.85. The summed E-state index contributed by atoms with van der Waals surface area (Å²) in [5.41, 5.74) is 8.34. The highest BCUT2D eigenvalue weighted by Gasteiger charge is 2.25. The number of hydrogen-bond acceptors (Lipinski definition) is 6. The van der Waals surface area contributed by atoms with E-state index in [1.165, 1.54) is 6.26 Å². The topological polar surface area (TPSA) is 98.1 Å². The van der Waals surface area contributed by atoms with Gasteiger partial charge in [0.15, 0.2) is 0 Å².